The molecule has 2 aromatic carbocycles. The summed E-state index contributed by atoms with van der Waals surface area (Å²) in [5, 5.41) is 0. The molecule has 0 atom stereocenters. The van der Waals surface area contributed by atoms with E-state index in [1.807, 2.05) is 42.6 Å². The van der Waals surface area contributed by atoms with Crippen LogP contribution in [0.5, 0.6) is 0 Å². The lowest BCUT2D eigenvalue weighted by Crippen LogP contribution is -2.01. The Morgan fingerprint density at radius 3 is 2.48 bits per heavy atom. The first-order chi connectivity index (χ1) is 12.2. The standard InChI is InChI=1S/C22H25NO2/c1-3-4-6-13-19(16-18-11-7-5-8-12-18)17-23-21-15-10-9-14-20(21)22(24)25-2/h5,7-12,14-17H,3-4,6,13H2,1-2H3/b19-16+,23-17?. The van der Waals surface area contributed by atoms with Gasteiger partial charge in [-0.2, -0.15) is 0 Å². The normalized spacial score (nSPS) is 11.7. The molecule has 0 aliphatic heterocycles. The summed E-state index contributed by atoms with van der Waals surface area (Å²) in [6.07, 6.45) is 8.48. The van der Waals surface area contributed by atoms with Gasteiger partial charge in [-0.1, -0.05) is 68.3 Å². The summed E-state index contributed by atoms with van der Waals surface area (Å²) < 4.78 is 4.83. The number of carbonyl (C=O) groups excluding carboxylic acids is 1. The molecule has 0 fully saturated rings. The van der Waals surface area contributed by atoms with E-state index >= 15 is 0 Å². The second-order valence-corrected chi connectivity index (χ2v) is 5.85. The summed E-state index contributed by atoms with van der Waals surface area (Å²) in [7, 11) is 1.38. The molecule has 0 unspecified atom stereocenters. The van der Waals surface area contributed by atoms with Crippen molar-refractivity contribution in [1.29, 1.82) is 0 Å². The van der Waals surface area contributed by atoms with Gasteiger partial charge in [0.05, 0.1) is 18.4 Å². The van der Waals surface area contributed by atoms with Crippen LogP contribution in [0, 0.1) is 0 Å². The minimum Gasteiger partial charge on any atom is -0.465 e. The zero-order valence-electron chi connectivity index (χ0n) is 14.9. The van der Waals surface area contributed by atoms with Crippen molar-refractivity contribution in [3.63, 3.8) is 0 Å². The molecule has 2 aromatic rings. The third-order valence-electron chi connectivity index (χ3n) is 3.90. The third-order valence-corrected chi connectivity index (χ3v) is 3.90. The van der Waals surface area contributed by atoms with Crippen LogP contribution in [-0.4, -0.2) is 19.3 Å². The molecular weight excluding hydrogens is 310 g/mol. The number of aliphatic imine (C=N–C) groups is 1. The number of allylic oxidation sites excluding steroid dienone is 1. The quantitative estimate of drug-likeness (QED) is 0.345. The van der Waals surface area contributed by atoms with E-state index in [2.05, 4.69) is 30.1 Å². The summed E-state index contributed by atoms with van der Waals surface area (Å²) in [5.74, 6) is -0.368. The zero-order valence-corrected chi connectivity index (χ0v) is 14.9. The van der Waals surface area contributed by atoms with Crippen molar-refractivity contribution in [2.24, 2.45) is 4.99 Å². The molecule has 0 saturated heterocycles. The van der Waals surface area contributed by atoms with Crippen LogP contribution in [0.25, 0.3) is 6.08 Å². The van der Waals surface area contributed by atoms with Crippen LogP contribution in [0.2, 0.25) is 0 Å². The van der Waals surface area contributed by atoms with Crippen LogP contribution in [0.4, 0.5) is 5.69 Å². The van der Waals surface area contributed by atoms with Gasteiger partial charge in [-0.25, -0.2) is 4.79 Å². The lowest BCUT2D eigenvalue weighted by atomic mass is 10.0. The van der Waals surface area contributed by atoms with Crippen LogP contribution < -0.4 is 0 Å². The molecule has 3 nitrogen and oxygen atoms in total. The fraction of sp³-hybridized carbons (Fsp3) is 0.273. The highest BCUT2D eigenvalue weighted by Crippen LogP contribution is 2.20. The van der Waals surface area contributed by atoms with Gasteiger partial charge >= 0.3 is 5.97 Å². The van der Waals surface area contributed by atoms with Crippen molar-refractivity contribution in [1.82, 2.24) is 0 Å². The maximum absolute atomic E-state index is 11.9. The number of hydrogen-bond donors (Lipinski definition) is 0. The van der Waals surface area contributed by atoms with E-state index in [9.17, 15) is 4.79 Å². The molecule has 3 heteroatoms. The summed E-state index contributed by atoms with van der Waals surface area (Å²) in [5.41, 5.74) is 3.42. The number of methoxy groups -OCH3 is 1. The maximum Gasteiger partial charge on any atom is 0.340 e. The summed E-state index contributed by atoms with van der Waals surface area (Å²) in [6, 6.07) is 17.5. The monoisotopic (exact) mass is 335 g/mol. The number of hydrogen-bond acceptors (Lipinski definition) is 3. The Kier molecular flexibility index (Phi) is 7.64. The molecule has 0 amide bonds. The van der Waals surface area contributed by atoms with Gasteiger partial charge in [0.2, 0.25) is 0 Å². The van der Waals surface area contributed by atoms with Crippen LogP contribution in [0.1, 0.15) is 48.5 Å². The predicted molar refractivity (Wildman–Crippen MR) is 104 cm³/mol. The topological polar surface area (TPSA) is 38.7 Å². The number of unbranched alkanes of at least 4 members (excludes halogenated alkanes) is 2. The fourth-order valence-electron chi connectivity index (χ4n) is 2.54. The molecule has 0 aliphatic rings. The largest absolute Gasteiger partial charge is 0.465 e. The molecule has 130 valence electrons. The van der Waals surface area contributed by atoms with Gasteiger partial charge < -0.3 is 4.74 Å². The Balaban J connectivity index is 2.25. The highest BCUT2D eigenvalue weighted by Gasteiger charge is 2.09. The van der Waals surface area contributed by atoms with Gasteiger partial charge in [0.25, 0.3) is 0 Å². The number of nitrogens with zero attached hydrogens (tertiary/aromatic N) is 1. The van der Waals surface area contributed by atoms with Crippen LogP contribution >= 0.6 is 0 Å². The Morgan fingerprint density at radius 2 is 1.76 bits per heavy atom. The number of ether oxygens (including phenoxy) is 1. The Morgan fingerprint density at radius 1 is 1.04 bits per heavy atom. The highest BCUT2D eigenvalue weighted by molar-refractivity contribution is 5.96. The summed E-state index contributed by atoms with van der Waals surface area (Å²) >= 11 is 0. The van der Waals surface area contributed by atoms with E-state index in [0.717, 1.165) is 24.0 Å². The lowest BCUT2D eigenvalue weighted by Gasteiger charge is -2.05. The fourth-order valence-corrected chi connectivity index (χ4v) is 2.54. The minimum atomic E-state index is -0.368. The maximum atomic E-state index is 11.9. The first-order valence-electron chi connectivity index (χ1n) is 8.71. The Labute approximate surface area is 150 Å². The van der Waals surface area contributed by atoms with Gasteiger partial charge in [0.1, 0.15) is 0 Å². The smallest absolute Gasteiger partial charge is 0.340 e. The van der Waals surface area contributed by atoms with Gasteiger partial charge in [-0.05, 0) is 36.1 Å². The van der Waals surface area contributed by atoms with E-state index in [0.29, 0.717) is 11.3 Å². The highest BCUT2D eigenvalue weighted by atomic mass is 16.5. The number of rotatable bonds is 8. The molecule has 2 rings (SSSR count). The number of para-hydroxylation sites is 1. The predicted octanol–water partition coefficient (Wildman–Crippen LogP) is 5.84. The molecule has 0 spiro atoms. The van der Waals surface area contributed by atoms with Crippen molar-refractivity contribution in [2.45, 2.75) is 32.6 Å². The van der Waals surface area contributed by atoms with Gasteiger partial charge in [0, 0.05) is 6.21 Å². The van der Waals surface area contributed by atoms with Gasteiger partial charge in [-0.3, -0.25) is 4.99 Å². The van der Waals surface area contributed by atoms with Crippen molar-refractivity contribution in [3.8, 4) is 0 Å². The zero-order chi connectivity index (χ0) is 17.9. The van der Waals surface area contributed by atoms with E-state index in [-0.39, 0.29) is 5.97 Å². The Hall–Kier alpha value is -2.68. The first-order valence-corrected chi connectivity index (χ1v) is 8.71. The molecule has 0 N–H and O–H groups in total. The second-order valence-electron chi connectivity index (χ2n) is 5.85. The molecule has 0 bridgehead atoms. The van der Waals surface area contributed by atoms with E-state index in [4.69, 9.17) is 4.74 Å². The van der Waals surface area contributed by atoms with Gasteiger partial charge in [-0.15, -0.1) is 0 Å². The molecule has 0 heterocycles. The van der Waals surface area contributed by atoms with Gasteiger partial charge in [0.15, 0.2) is 0 Å². The van der Waals surface area contributed by atoms with Crippen molar-refractivity contribution < 1.29 is 9.53 Å². The molecule has 0 saturated carbocycles. The van der Waals surface area contributed by atoms with Crippen molar-refractivity contribution in [3.05, 3.63) is 71.3 Å². The summed E-state index contributed by atoms with van der Waals surface area (Å²) in [4.78, 5) is 16.4. The average Bonchev–Trinajstić information content (AvgIpc) is 2.66. The van der Waals surface area contributed by atoms with Crippen molar-refractivity contribution in [2.75, 3.05) is 7.11 Å². The minimum absolute atomic E-state index is 0.368. The van der Waals surface area contributed by atoms with Crippen molar-refractivity contribution >= 4 is 23.9 Å². The van der Waals surface area contributed by atoms with E-state index in [1.54, 1.807) is 6.07 Å². The number of carbonyl (C=O) groups is 1. The molecule has 25 heavy (non-hydrogen) atoms. The van der Waals surface area contributed by atoms with Crippen LogP contribution in [0.3, 0.4) is 0 Å². The molecule has 0 aliphatic carbocycles. The van der Waals surface area contributed by atoms with E-state index < -0.39 is 0 Å². The SMILES string of the molecule is CCCCC/C(C=Nc1ccccc1C(=O)OC)=C\c1ccccc1. The number of benzene rings is 2. The van der Waals surface area contributed by atoms with Crippen LogP contribution in [0.15, 0.2) is 65.2 Å². The average molecular weight is 335 g/mol. The molecular formula is C22H25NO2. The van der Waals surface area contributed by atoms with E-state index in [1.165, 1.54) is 20.0 Å². The van der Waals surface area contributed by atoms with Crippen LogP contribution in [-0.2, 0) is 4.74 Å². The Bertz CT molecular complexity index is 733. The molecule has 0 aromatic heterocycles. The second kappa shape index (κ2) is 10.2. The third kappa shape index (κ3) is 6.03. The first kappa shape index (κ1) is 18.7. The lowest BCUT2D eigenvalue weighted by molar-refractivity contribution is 0.0601. The summed E-state index contributed by atoms with van der Waals surface area (Å²) in [6.45, 7) is 2.20. The number of esters is 1. The molecule has 0 radical (unpaired) electrons.